The summed E-state index contributed by atoms with van der Waals surface area (Å²) in [7, 11) is 0. The van der Waals surface area contributed by atoms with E-state index in [-0.39, 0.29) is 11.4 Å². The molecule has 0 radical (unpaired) electrons. The van der Waals surface area contributed by atoms with Crippen molar-refractivity contribution in [3.05, 3.63) is 70.9 Å². The van der Waals surface area contributed by atoms with Crippen molar-refractivity contribution in [2.45, 2.75) is 46.6 Å². The van der Waals surface area contributed by atoms with Crippen LogP contribution in [0.5, 0.6) is 5.75 Å². The number of rotatable bonds is 8. The summed E-state index contributed by atoms with van der Waals surface area (Å²) in [5, 5.41) is 17.0. The quantitative estimate of drug-likeness (QED) is 0.385. The van der Waals surface area contributed by atoms with Gasteiger partial charge in [0.1, 0.15) is 17.4 Å². The van der Waals surface area contributed by atoms with Crippen LogP contribution < -0.4 is 4.74 Å². The normalized spacial score (nSPS) is 16.5. The van der Waals surface area contributed by atoms with Crippen LogP contribution in [0.15, 0.2) is 64.3 Å². The lowest BCUT2D eigenvalue weighted by atomic mass is 10.1. The van der Waals surface area contributed by atoms with Crippen molar-refractivity contribution in [1.29, 1.82) is 5.41 Å². The fraction of sp³-hybridized carbons (Fsp3) is 0.286. The van der Waals surface area contributed by atoms with E-state index >= 15 is 0 Å². The number of hydrogen-bond donors (Lipinski definition) is 1. The molecule has 0 spiro atoms. The summed E-state index contributed by atoms with van der Waals surface area (Å²) >= 11 is 1.37. The number of aliphatic imine (C=N–C) groups is 1. The van der Waals surface area contributed by atoms with E-state index in [9.17, 15) is 4.79 Å². The highest BCUT2D eigenvalue weighted by atomic mass is 32.2. The summed E-state index contributed by atoms with van der Waals surface area (Å²) in [5.74, 6) is 0.542. The van der Waals surface area contributed by atoms with Gasteiger partial charge < -0.3 is 9.30 Å². The smallest absolute Gasteiger partial charge is 0.283 e. The summed E-state index contributed by atoms with van der Waals surface area (Å²) < 4.78 is 8.22. The molecule has 3 heterocycles. The number of carbonyl (C=O) groups is 1. The molecule has 3 aromatic rings. The molecule has 1 aromatic heterocycles. The number of aryl methyl sites for hydroxylation is 2. The Morgan fingerprint density at radius 2 is 2.00 bits per heavy atom. The average Bonchev–Trinajstić information content (AvgIpc) is 3.43. The second-order valence-electron chi connectivity index (χ2n) is 8.92. The summed E-state index contributed by atoms with van der Waals surface area (Å²) in [4.78, 5) is 17.1. The first-order chi connectivity index (χ1) is 17.5. The van der Waals surface area contributed by atoms with E-state index in [0.717, 1.165) is 46.5 Å². The van der Waals surface area contributed by atoms with Gasteiger partial charge >= 0.3 is 0 Å². The number of aromatic nitrogens is 1. The number of ether oxygens (including phenoxy) is 1. The van der Waals surface area contributed by atoms with E-state index in [2.05, 4.69) is 59.7 Å². The van der Waals surface area contributed by atoms with Crippen LogP contribution >= 0.6 is 11.8 Å². The largest absolute Gasteiger partial charge is 0.492 e. The van der Waals surface area contributed by atoms with E-state index in [1.54, 1.807) is 6.08 Å². The van der Waals surface area contributed by atoms with Crippen molar-refractivity contribution in [2.24, 2.45) is 10.1 Å². The van der Waals surface area contributed by atoms with Crippen molar-refractivity contribution >= 4 is 50.7 Å². The lowest BCUT2D eigenvalue weighted by Gasteiger charge is -2.20. The first-order valence-electron chi connectivity index (χ1n) is 12.3. The maximum atomic E-state index is 12.9. The number of nitrogens with zero attached hydrogens (tertiary/aromatic N) is 4. The van der Waals surface area contributed by atoms with Gasteiger partial charge in [0.2, 0.25) is 5.17 Å². The highest BCUT2D eigenvalue weighted by molar-refractivity contribution is 8.26. The topological polar surface area (TPSA) is 83.0 Å². The SMILES string of the molecule is CCCC1=NN2C(=N)C(=Cc3cn(CCOc4cc(C)cc(CC)c4)c4ccccc34)C(=O)N=C2S1. The molecule has 0 atom stereocenters. The zero-order valence-corrected chi connectivity index (χ0v) is 21.6. The lowest BCUT2D eigenvalue weighted by Crippen LogP contribution is -2.35. The van der Waals surface area contributed by atoms with Crippen molar-refractivity contribution in [3.8, 4) is 5.75 Å². The van der Waals surface area contributed by atoms with E-state index in [0.29, 0.717) is 18.3 Å². The number of fused-ring (bicyclic) bond motifs is 2. The van der Waals surface area contributed by atoms with Crippen LogP contribution in [-0.2, 0) is 17.8 Å². The Labute approximate surface area is 215 Å². The molecular formula is C28H29N5O2S. The second-order valence-corrected chi connectivity index (χ2v) is 9.96. The van der Waals surface area contributed by atoms with Gasteiger partial charge in [-0.05, 0) is 73.4 Å². The maximum Gasteiger partial charge on any atom is 0.283 e. The van der Waals surface area contributed by atoms with Crippen LogP contribution in [0.4, 0.5) is 0 Å². The number of hydrazone groups is 1. The highest BCUT2D eigenvalue weighted by Crippen LogP contribution is 2.31. The molecule has 36 heavy (non-hydrogen) atoms. The number of nitrogens with one attached hydrogen (secondary N) is 1. The number of thioether (sulfide) groups is 1. The Morgan fingerprint density at radius 3 is 2.81 bits per heavy atom. The summed E-state index contributed by atoms with van der Waals surface area (Å²) in [5.41, 5.74) is 4.61. The van der Waals surface area contributed by atoms with Gasteiger partial charge in [0.05, 0.1) is 12.1 Å². The van der Waals surface area contributed by atoms with Gasteiger partial charge in [0.15, 0.2) is 5.84 Å². The monoisotopic (exact) mass is 499 g/mol. The molecule has 0 aliphatic carbocycles. The third-order valence-corrected chi connectivity index (χ3v) is 7.17. The molecule has 8 heteroatoms. The minimum Gasteiger partial charge on any atom is -0.492 e. The Kier molecular flexibility index (Phi) is 6.78. The Bertz CT molecular complexity index is 1450. The summed E-state index contributed by atoms with van der Waals surface area (Å²) in [6.07, 6.45) is 6.50. The number of amidine groups is 2. The van der Waals surface area contributed by atoms with E-state index in [4.69, 9.17) is 10.1 Å². The lowest BCUT2D eigenvalue weighted by molar-refractivity contribution is -0.114. The predicted octanol–water partition coefficient (Wildman–Crippen LogP) is 6.01. The molecule has 0 unspecified atom stereocenters. The van der Waals surface area contributed by atoms with Crippen LogP contribution in [0.2, 0.25) is 0 Å². The molecule has 0 saturated heterocycles. The minimum atomic E-state index is -0.405. The fourth-order valence-corrected chi connectivity index (χ4v) is 5.44. The third kappa shape index (κ3) is 4.73. The second kappa shape index (κ2) is 10.1. The fourth-order valence-electron chi connectivity index (χ4n) is 4.45. The van der Waals surface area contributed by atoms with Gasteiger partial charge in [-0.15, -0.1) is 0 Å². The van der Waals surface area contributed by atoms with Gasteiger partial charge in [0, 0.05) is 22.7 Å². The minimum absolute atomic E-state index is 0.0648. The Hall–Kier alpha value is -3.65. The van der Waals surface area contributed by atoms with Crippen molar-refractivity contribution in [2.75, 3.05) is 6.61 Å². The first kappa shape index (κ1) is 24.1. The van der Waals surface area contributed by atoms with Gasteiger partial charge in [0.25, 0.3) is 5.91 Å². The third-order valence-electron chi connectivity index (χ3n) is 6.20. The molecule has 2 aliphatic rings. The van der Waals surface area contributed by atoms with Crippen LogP contribution in [-0.4, -0.2) is 38.1 Å². The van der Waals surface area contributed by atoms with E-state index < -0.39 is 5.91 Å². The molecule has 0 bridgehead atoms. The first-order valence-corrected chi connectivity index (χ1v) is 13.1. The Morgan fingerprint density at radius 1 is 1.17 bits per heavy atom. The number of carbonyl (C=O) groups excluding carboxylic acids is 1. The van der Waals surface area contributed by atoms with Crippen LogP contribution in [0.25, 0.3) is 17.0 Å². The van der Waals surface area contributed by atoms with Gasteiger partial charge in [-0.3, -0.25) is 10.2 Å². The molecule has 184 valence electrons. The molecule has 2 aromatic carbocycles. The molecule has 0 fully saturated rings. The van der Waals surface area contributed by atoms with E-state index in [1.165, 1.54) is 27.9 Å². The number of hydrogen-bond acceptors (Lipinski definition) is 5. The molecule has 2 aliphatic heterocycles. The predicted molar refractivity (Wildman–Crippen MR) is 148 cm³/mol. The van der Waals surface area contributed by atoms with Crippen LogP contribution in [0.3, 0.4) is 0 Å². The van der Waals surface area contributed by atoms with Gasteiger partial charge in [-0.1, -0.05) is 38.1 Å². The summed E-state index contributed by atoms with van der Waals surface area (Å²) in [6.45, 7) is 7.47. The molecule has 1 N–H and O–H groups in total. The van der Waals surface area contributed by atoms with E-state index in [1.807, 2.05) is 24.4 Å². The number of para-hydroxylation sites is 1. The molecule has 1 amide bonds. The van der Waals surface area contributed by atoms with Gasteiger partial charge in [-0.25, -0.2) is 0 Å². The average molecular weight is 500 g/mol. The van der Waals surface area contributed by atoms with Crippen LogP contribution in [0, 0.1) is 12.3 Å². The number of amides is 1. The van der Waals surface area contributed by atoms with Crippen LogP contribution in [0.1, 0.15) is 43.4 Å². The summed E-state index contributed by atoms with van der Waals surface area (Å²) in [6, 6.07) is 14.4. The number of benzene rings is 2. The van der Waals surface area contributed by atoms with Gasteiger partial charge in [-0.2, -0.15) is 15.1 Å². The van der Waals surface area contributed by atoms with Crippen molar-refractivity contribution in [1.82, 2.24) is 9.58 Å². The maximum absolute atomic E-state index is 12.9. The Balaban J connectivity index is 1.40. The van der Waals surface area contributed by atoms with Crippen molar-refractivity contribution in [3.63, 3.8) is 0 Å². The molecule has 5 rings (SSSR count). The zero-order valence-electron chi connectivity index (χ0n) is 20.7. The van der Waals surface area contributed by atoms with Crippen molar-refractivity contribution < 1.29 is 9.53 Å². The zero-order chi connectivity index (χ0) is 25.2. The molecular weight excluding hydrogens is 470 g/mol. The highest BCUT2D eigenvalue weighted by Gasteiger charge is 2.35. The molecule has 7 nitrogen and oxygen atoms in total. The molecule has 0 saturated carbocycles. The standard InChI is InChI=1S/C28H29N5O2S/c1-4-8-25-31-33-26(29)23(27(34)30-28(33)36-25)16-20-17-32(24-10-7-6-9-22(20)24)11-12-35-21-14-18(3)13-19(5-2)15-21/h6-7,9-10,13-17,29H,4-5,8,11-12H2,1-3H3.